The summed E-state index contributed by atoms with van der Waals surface area (Å²) in [5.41, 5.74) is 3.49. The second kappa shape index (κ2) is 3.03. The summed E-state index contributed by atoms with van der Waals surface area (Å²) in [5, 5.41) is 3.96. The Morgan fingerprint density at radius 1 is 1.64 bits per heavy atom. The minimum absolute atomic E-state index is 0.0139. The molecule has 0 fully saturated rings. The van der Waals surface area contributed by atoms with E-state index in [2.05, 4.69) is 10.5 Å². The van der Waals surface area contributed by atoms with Crippen LogP contribution in [0, 0.1) is 11.8 Å². The van der Waals surface area contributed by atoms with Gasteiger partial charge in [-0.25, -0.2) is 5.43 Å². The van der Waals surface area contributed by atoms with Crippen molar-refractivity contribution in [3.8, 4) is 0 Å². The highest BCUT2D eigenvalue weighted by atomic mass is 16.2. The van der Waals surface area contributed by atoms with Crippen molar-refractivity contribution in [3.05, 3.63) is 0 Å². The Morgan fingerprint density at radius 2 is 2.27 bits per heavy atom. The van der Waals surface area contributed by atoms with Gasteiger partial charge in [-0.2, -0.15) is 5.10 Å². The molecular weight excluding hydrogens is 140 g/mol. The van der Waals surface area contributed by atoms with Crippen LogP contribution in [-0.2, 0) is 4.79 Å². The number of hydrazone groups is 1. The Balaban J connectivity index is 2.74. The fraction of sp³-hybridized carbons (Fsp3) is 0.750. The monoisotopic (exact) mass is 154 g/mol. The van der Waals surface area contributed by atoms with Gasteiger partial charge in [0.15, 0.2) is 0 Å². The maximum Gasteiger partial charge on any atom is 0.249 e. The zero-order valence-electron chi connectivity index (χ0n) is 7.22. The van der Waals surface area contributed by atoms with E-state index >= 15 is 0 Å². The van der Waals surface area contributed by atoms with E-state index in [4.69, 9.17) is 0 Å². The van der Waals surface area contributed by atoms with Crippen molar-refractivity contribution < 1.29 is 4.79 Å². The van der Waals surface area contributed by atoms with Crippen LogP contribution in [0.15, 0.2) is 5.10 Å². The maximum absolute atomic E-state index is 11.2. The Bertz CT molecular complexity index is 196. The van der Waals surface area contributed by atoms with Crippen molar-refractivity contribution >= 4 is 11.6 Å². The molecule has 0 aromatic carbocycles. The number of carbonyl (C=O) groups excluding carboxylic acids is 1. The lowest BCUT2D eigenvalue weighted by Gasteiger charge is -2.12. The van der Waals surface area contributed by atoms with Gasteiger partial charge in [-0.3, -0.25) is 4.79 Å². The molecule has 1 atom stereocenters. The molecule has 0 spiro atoms. The molecule has 0 saturated heterocycles. The van der Waals surface area contributed by atoms with E-state index in [-0.39, 0.29) is 11.8 Å². The normalized spacial score (nSPS) is 23.8. The van der Waals surface area contributed by atoms with E-state index in [1.54, 1.807) is 0 Å². The molecule has 0 aliphatic carbocycles. The van der Waals surface area contributed by atoms with Crippen LogP contribution in [0.2, 0.25) is 0 Å². The molecule has 0 saturated carbocycles. The highest BCUT2D eigenvalue weighted by Gasteiger charge is 2.30. The molecule has 0 radical (unpaired) electrons. The number of carbonyl (C=O) groups is 1. The first-order chi connectivity index (χ1) is 5.16. The number of nitrogens with one attached hydrogen (secondary N) is 1. The zero-order chi connectivity index (χ0) is 8.43. The topological polar surface area (TPSA) is 41.5 Å². The van der Waals surface area contributed by atoms with Crippen LogP contribution in [0.3, 0.4) is 0 Å². The van der Waals surface area contributed by atoms with Crippen LogP contribution in [0.4, 0.5) is 0 Å². The average Bonchev–Trinajstić information content (AvgIpc) is 2.30. The Labute approximate surface area is 66.9 Å². The summed E-state index contributed by atoms with van der Waals surface area (Å²) in [7, 11) is 0. The highest BCUT2D eigenvalue weighted by Crippen LogP contribution is 2.18. The van der Waals surface area contributed by atoms with Crippen molar-refractivity contribution in [2.75, 3.05) is 0 Å². The third-order valence-electron chi connectivity index (χ3n) is 1.98. The Morgan fingerprint density at radius 3 is 2.64 bits per heavy atom. The van der Waals surface area contributed by atoms with Crippen molar-refractivity contribution in [1.82, 2.24) is 5.43 Å². The lowest BCUT2D eigenvalue weighted by molar-refractivity contribution is -0.123. The molecule has 1 N–H and O–H groups in total. The third-order valence-corrected chi connectivity index (χ3v) is 1.98. The summed E-state index contributed by atoms with van der Waals surface area (Å²) in [6.07, 6.45) is 0.863. The smallest absolute Gasteiger partial charge is 0.249 e. The predicted octanol–water partition coefficient (Wildman–Crippen LogP) is 1.15. The fourth-order valence-corrected chi connectivity index (χ4v) is 1.40. The van der Waals surface area contributed by atoms with Crippen LogP contribution >= 0.6 is 0 Å². The number of hydrogen-bond acceptors (Lipinski definition) is 2. The first-order valence-corrected chi connectivity index (χ1v) is 4.03. The molecular formula is C8H14N2O. The average molecular weight is 154 g/mol. The standard InChI is InChI=1S/C8H14N2O/c1-4-6-7(5(2)3)8(11)10-9-6/h5,7H,4H2,1-3H3,(H,10,11). The van der Waals surface area contributed by atoms with Gasteiger partial charge in [0.05, 0.1) is 11.6 Å². The molecule has 62 valence electrons. The van der Waals surface area contributed by atoms with Gasteiger partial charge in [-0.05, 0) is 12.3 Å². The lowest BCUT2D eigenvalue weighted by Crippen LogP contribution is -2.27. The van der Waals surface area contributed by atoms with Gasteiger partial charge >= 0.3 is 0 Å². The Hall–Kier alpha value is -0.860. The molecule has 0 aromatic rings. The van der Waals surface area contributed by atoms with Gasteiger partial charge in [-0.1, -0.05) is 20.8 Å². The summed E-state index contributed by atoms with van der Waals surface area (Å²) in [4.78, 5) is 11.2. The van der Waals surface area contributed by atoms with E-state index in [0.717, 1.165) is 12.1 Å². The molecule has 1 rings (SSSR count). The van der Waals surface area contributed by atoms with Crippen LogP contribution in [-0.4, -0.2) is 11.6 Å². The van der Waals surface area contributed by atoms with Crippen LogP contribution < -0.4 is 5.43 Å². The summed E-state index contributed by atoms with van der Waals surface area (Å²) < 4.78 is 0. The van der Waals surface area contributed by atoms with E-state index in [1.165, 1.54) is 0 Å². The predicted molar refractivity (Wildman–Crippen MR) is 44.2 cm³/mol. The number of amides is 1. The first kappa shape index (κ1) is 8.24. The van der Waals surface area contributed by atoms with Crippen molar-refractivity contribution in [1.29, 1.82) is 0 Å². The minimum Gasteiger partial charge on any atom is -0.272 e. The van der Waals surface area contributed by atoms with Gasteiger partial charge in [0.2, 0.25) is 5.91 Å². The second-order valence-electron chi connectivity index (χ2n) is 3.15. The molecule has 11 heavy (non-hydrogen) atoms. The quantitative estimate of drug-likeness (QED) is 0.637. The molecule has 1 unspecified atom stereocenters. The molecule has 1 heterocycles. The van der Waals surface area contributed by atoms with Crippen molar-refractivity contribution in [2.45, 2.75) is 27.2 Å². The van der Waals surface area contributed by atoms with E-state index in [0.29, 0.717) is 5.92 Å². The molecule has 0 bridgehead atoms. The second-order valence-corrected chi connectivity index (χ2v) is 3.15. The number of hydrogen-bond donors (Lipinski definition) is 1. The van der Waals surface area contributed by atoms with Crippen LogP contribution in [0.25, 0.3) is 0 Å². The van der Waals surface area contributed by atoms with Gasteiger partial charge in [0, 0.05) is 0 Å². The molecule has 1 aliphatic rings. The molecule has 3 heteroatoms. The number of rotatable bonds is 2. The van der Waals surface area contributed by atoms with Crippen LogP contribution in [0.5, 0.6) is 0 Å². The molecule has 1 amide bonds. The maximum atomic E-state index is 11.2. The SMILES string of the molecule is CCC1=NNC(=O)C1C(C)C. The minimum atomic E-state index is 0.0139. The van der Waals surface area contributed by atoms with Crippen molar-refractivity contribution in [3.63, 3.8) is 0 Å². The molecule has 0 aromatic heterocycles. The summed E-state index contributed by atoms with van der Waals surface area (Å²) in [5.74, 6) is 0.424. The van der Waals surface area contributed by atoms with E-state index in [9.17, 15) is 4.79 Å². The van der Waals surface area contributed by atoms with Crippen molar-refractivity contribution in [2.24, 2.45) is 16.9 Å². The zero-order valence-corrected chi connectivity index (χ0v) is 7.22. The molecule has 1 aliphatic heterocycles. The number of nitrogens with zero attached hydrogens (tertiary/aromatic N) is 1. The Kier molecular flexibility index (Phi) is 2.27. The van der Waals surface area contributed by atoms with E-state index < -0.39 is 0 Å². The largest absolute Gasteiger partial charge is 0.272 e. The van der Waals surface area contributed by atoms with Gasteiger partial charge < -0.3 is 0 Å². The third kappa shape index (κ3) is 1.42. The van der Waals surface area contributed by atoms with E-state index in [1.807, 2.05) is 20.8 Å². The van der Waals surface area contributed by atoms with Gasteiger partial charge in [0.1, 0.15) is 0 Å². The van der Waals surface area contributed by atoms with Gasteiger partial charge in [0.25, 0.3) is 0 Å². The first-order valence-electron chi connectivity index (χ1n) is 4.03. The van der Waals surface area contributed by atoms with Crippen LogP contribution in [0.1, 0.15) is 27.2 Å². The lowest BCUT2D eigenvalue weighted by atomic mass is 9.90. The highest BCUT2D eigenvalue weighted by molar-refractivity contribution is 6.08. The summed E-state index contributed by atoms with van der Waals surface area (Å²) in [6.45, 7) is 6.11. The fourth-order valence-electron chi connectivity index (χ4n) is 1.40. The van der Waals surface area contributed by atoms with Gasteiger partial charge in [-0.15, -0.1) is 0 Å². The molecule has 3 nitrogen and oxygen atoms in total. The summed E-state index contributed by atoms with van der Waals surface area (Å²) >= 11 is 0. The summed E-state index contributed by atoms with van der Waals surface area (Å²) in [6, 6.07) is 0.